The Labute approximate surface area is 178 Å². The molecule has 9 heteroatoms. The summed E-state index contributed by atoms with van der Waals surface area (Å²) in [5.41, 5.74) is 1.04. The molecular weight excluding hydrogens is 404 g/mol. The molecule has 2 heterocycles. The maximum Gasteiger partial charge on any atom is 0.330 e. The molecule has 8 nitrogen and oxygen atoms in total. The Morgan fingerprint density at radius 3 is 2.67 bits per heavy atom. The van der Waals surface area contributed by atoms with Crippen LogP contribution in [0.3, 0.4) is 0 Å². The number of aromatic nitrogens is 1. The van der Waals surface area contributed by atoms with Crippen molar-refractivity contribution in [2.24, 2.45) is 0 Å². The highest BCUT2D eigenvalue weighted by Crippen LogP contribution is 2.29. The van der Waals surface area contributed by atoms with Gasteiger partial charge < -0.3 is 20.3 Å². The zero-order valence-corrected chi connectivity index (χ0v) is 17.5. The van der Waals surface area contributed by atoms with Gasteiger partial charge in [0.05, 0.1) is 18.0 Å². The van der Waals surface area contributed by atoms with Crippen LogP contribution in [0.15, 0.2) is 36.4 Å². The molecule has 0 aliphatic carbocycles. The van der Waals surface area contributed by atoms with Crippen LogP contribution in [-0.4, -0.2) is 67.0 Å². The molecule has 1 saturated heterocycles. The lowest BCUT2D eigenvalue weighted by Gasteiger charge is -2.27. The van der Waals surface area contributed by atoms with E-state index in [9.17, 15) is 14.4 Å². The predicted molar refractivity (Wildman–Crippen MR) is 115 cm³/mol. The second kappa shape index (κ2) is 10.7. The molecule has 3 rings (SSSR count). The number of piperazine rings is 1. The van der Waals surface area contributed by atoms with Crippen LogP contribution in [0.2, 0.25) is 0 Å². The minimum atomic E-state index is -0.493. The first-order valence-electron chi connectivity index (χ1n) is 9.76. The molecule has 2 aromatic rings. The van der Waals surface area contributed by atoms with E-state index in [0.29, 0.717) is 23.0 Å². The molecule has 1 aromatic heterocycles. The fraction of sp³-hybridized carbons (Fsp3) is 0.333. The first-order chi connectivity index (χ1) is 14.6. The van der Waals surface area contributed by atoms with Gasteiger partial charge in [0.1, 0.15) is 10.7 Å². The van der Waals surface area contributed by atoms with E-state index in [0.717, 1.165) is 18.7 Å². The highest BCUT2D eigenvalue weighted by atomic mass is 32.1. The van der Waals surface area contributed by atoms with Crippen LogP contribution in [-0.2, 0) is 14.3 Å². The van der Waals surface area contributed by atoms with Crippen molar-refractivity contribution in [2.75, 3.05) is 39.3 Å². The second-order valence-electron chi connectivity index (χ2n) is 6.50. The first kappa shape index (κ1) is 21.7. The summed E-state index contributed by atoms with van der Waals surface area (Å²) in [6.45, 7) is 4.62. The molecule has 30 heavy (non-hydrogen) atoms. The number of rotatable bonds is 7. The number of hydrogen-bond acceptors (Lipinski definition) is 7. The number of amides is 2. The quantitative estimate of drug-likeness (QED) is 0.513. The van der Waals surface area contributed by atoms with Crippen molar-refractivity contribution >= 4 is 35.2 Å². The molecule has 0 radical (unpaired) electrons. The van der Waals surface area contributed by atoms with Crippen molar-refractivity contribution in [1.82, 2.24) is 20.5 Å². The minimum absolute atomic E-state index is 0.0991. The van der Waals surface area contributed by atoms with Crippen LogP contribution in [0.5, 0.6) is 0 Å². The monoisotopic (exact) mass is 428 g/mol. The lowest BCUT2D eigenvalue weighted by molar-refractivity contribution is -0.137. The van der Waals surface area contributed by atoms with Crippen molar-refractivity contribution in [2.45, 2.75) is 6.92 Å². The maximum absolute atomic E-state index is 12.8. The number of nitrogens with zero attached hydrogens (tertiary/aromatic N) is 2. The van der Waals surface area contributed by atoms with Crippen LogP contribution >= 0.6 is 11.3 Å². The van der Waals surface area contributed by atoms with Gasteiger partial charge in [-0.05, 0) is 13.0 Å². The van der Waals surface area contributed by atoms with Crippen LogP contribution < -0.4 is 10.6 Å². The van der Waals surface area contributed by atoms with Crippen molar-refractivity contribution in [3.8, 4) is 10.6 Å². The Kier molecular flexibility index (Phi) is 7.69. The number of carbonyl (C=O) groups is 3. The average Bonchev–Trinajstić information content (AvgIpc) is 3.22. The molecule has 1 fully saturated rings. The molecule has 1 aromatic carbocycles. The van der Waals surface area contributed by atoms with Gasteiger partial charge >= 0.3 is 5.97 Å². The Hall–Kier alpha value is -3.04. The van der Waals surface area contributed by atoms with Gasteiger partial charge in [-0.15, -0.1) is 11.3 Å². The SMILES string of the molecule is CCOC(=O)/C=C/c1sc(-c2ccccc2)nc1C(=O)NCC(=O)N1CCNCC1. The number of carbonyl (C=O) groups excluding carboxylic acids is 3. The highest BCUT2D eigenvalue weighted by molar-refractivity contribution is 7.16. The fourth-order valence-electron chi connectivity index (χ4n) is 2.91. The molecule has 158 valence electrons. The van der Waals surface area contributed by atoms with Gasteiger partial charge in [0, 0.05) is 37.8 Å². The smallest absolute Gasteiger partial charge is 0.330 e. The Balaban J connectivity index is 1.76. The number of esters is 1. The summed E-state index contributed by atoms with van der Waals surface area (Å²) in [6.07, 6.45) is 2.80. The van der Waals surface area contributed by atoms with Crippen molar-refractivity contribution < 1.29 is 19.1 Å². The number of thiazole rings is 1. The van der Waals surface area contributed by atoms with Gasteiger partial charge in [-0.1, -0.05) is 30.3 Å². The number of benzene rings is 1. The molecular formula is C21H24N4O4S. The zero-order chi connectivity index (χ0) is 21.3. The largest absolute Gasteiger partial charge is 0.463 e. The topological polar surface area (TPSA) is 101 Å². The standard InChI is InChI=1S/C21H24N4O4S/c1-2-29-18(27)9-8-16-19(24-21(30-16)15-6-4-3-5-7-15)20(28)23-14-17(26)25-12-10-22-11-13-25/h3-9,22H,2,10-14H2,1H3,(H,23,28)/b9-8+. The van der Waals surface area contributed by atoms with Crippen LogP contribution in [0.25, 0.3) is 16.6 Å². The van der Waals surface area contributed by atoms with Crippen LogP contribution in [0.4, 0.5) is 0 Å². The summed E-state index contributed by atoms with van der Waals surface area (Å²) in [6, 6.07) is 9.46. The van der Waals surface area contributed by atoms with Gasteiger partial charge in [-0.25, -0.2) is 9.78 Å². The molecule has 1 aliphatic rings. The van der Waals surface area contributed by atoms with Gasteiger partial charge in [0.25, 0.3) is 5.91 Å². The Morgan fingerprint density at radius 1 is 1.23 bits per heavy atom. The van der Waals surface area contributed by atoms with Gasteiger partial charge in [-0.3, -0.25) is 9.59 Å². The fourth-order valence-corrected chi connectivity index (χ4v) is 3.88. The molecule has 0 unspecified atom stereocenters. The lowest BCUT2D eigenvalue weighted by atomic mass is 10.2. The van der Waals surface area contributed by atoms with E-state index in [2.05, 4.69) is 15.6 Å². The molecule has 2 N–H and O–H groups in total. The number of ether oxygens (including phenoxy) is 1. The second-order valence-corrected chi connectivity index (χ2v) is 7.53. The van der Waals surface area contributed by atoms with Gasteiger partial charge in [0.15, 0.2) is 0 Å². The normalized spacial score (nSPS) is 14.0. The van der Waals surface area contributed by atoms with E-state index >= 15 is 0 Å². The third-order valence-electron chi connectivity index (χ3n) is 4.42. The van der Waals surface area contributed by atoms with E-state index in [1.54, 1.807) is 11.8 Å². The third kappa shape index (κ3) is 5.74. The molecule has 0 bridgehead atoms. The van der Waals surface area contributed by atoms with Crippen LogP contribution in [0, 0.1) is 0 Å². The summed E-state index contributed by atoms with van der Waals surface area (Å²) in [7, 11) is 0. The summed E-state index contributed by atoms with van der Waals surface area (Å²) < 4.78 is 4.90. The lowest BCUT2D eigenvalue weighted by Crippen LogP contribution is -2.49. The summed E-state index contributed by atoms with van der Waals surface area (Å²) in [4.78, 5) is 43.5. The van der Waals surface area contributed by atoms with E-state index in [4.69, 9.17) is 4.74 Å². The van der Waals surface area contributed by atoms with E-state index in [1.165, 1.54) is 23.5 Å². The Morgan fingerprint density at radius 2 is 1.97 bits per heavy atom. The van der Waals surface area contributed by atoms with E-state index in [1.807, 2.05) is 30.3 Å². The van der Waals surface area contributed by atoms with Crippen molar-refractivity contribution in [3.05, 3.63) is 47.0 Å². The van der Waals surface area contributed by atoms with Crippen LogP contribution in [0.1, 0.15) is 22.3 Å². The first-order valence-corrected chi connectivity index (χ1v) is 10.6. The average molecular weight is 429 g/mol. The zero-order valence-electron chi connectivity index (χ0n) is 16.7. The molecule has 2 amide bonds. The highest BCUT2D eigenvalue weighted by Gasteiger charge is 2.21. The molecule has 0 spiro atoms. The Bertz CT molecular complexity index is 920. The number of nitrogens with one attached hydrogen (secondary N) is 2. The minimum Gasteiger partial charge on any atom is -0.463 e. The maximum atomic E-state index is 12.8. The van der Waals surface area contributed by atoms with E-state index in [-0.39, 0.29) is 24.8 Å². The number of hydrogen-bond donors (Lipinski definition) is 2. The van der Waals surface area contributed by atoms with E-state index < -0.39 is 11.9 Å². The summed E-state index contributed by atoms with van der Waals surface area (Å²) >= 11 is 1.29. The van der Waals surface area contributed by atoms with Crippen molar-refractivity contribution in [1.29, 1.82) is 0 Å². The molecule has 0 saturated carbocycles. The summed E-state index contributed by atoms with van der Waals surface area (Å²) in [5.74, 6) is -1.08. The van der Waals surface area contributed by atoms with Gasteiger partial charge in [0.2, 0.25) is 5.91 Å². The third-order valence-corrected chi connectivity index (χ3v) is 5.49. The summed E-state index contributed by atoms with van der Waals surface area (Å²) in [5, 5.41) is 6.49. The predicted octanol–water partition coefficient (Wildman–Crippen LogP) is 1.55. The molecule has 0 atom stereocenters. The van der Waals surface area contributed by atoms with Gasteiger partial charge in [-0.2, -0.15) is 0 Å². The van der Waals surface area contributed by atoms with Crippen molar-refractivity contribution in [3.63, 3.8) is 0 Å². The molecule has 1 aliphatic heterocycles.